The van der Waals surface area contributed by atoms with Gasteiger partial charge in [-0.25, -0.2) is 0 Å². The minimum Gasteiger partial charge on any atom is -0.495 e. The van der Waals surface area contributed by atoms with Gasteiger partial charge in [0.1, 0.15) is 11.0 Å². The van der Waals surface area contributed by atoms with E-state index in [4.69, 9.17) is 9.47 Å². The number of carbonyl (C=O) groups excluding carboxylic acids is 1. The smallest absolute Gasteiger partial charge is 0.318 e. The number of thioether (sulfide) groups is 1. The molecular weight excluding hydrogens is 322 g/mol. The van der Waals surface area contributed by atoms with Crippen LogP contribution in [0.4, 0.5) is 10.8 Å². The molecule has 1 N–H and O–H groups in total. The molecule has 0 aliphatic rings. The Labute approximate surface area is 137 Å². The number of nitrogens with one attached hydrogen (secondary N) is 1. The van der Waals surface area contributed by atoms with Gasteiger partial charge in [0.05, 0.1) is 19.9 Å². The first kappa shape index (κ1) is 16.6. The van der Waals surface area contributed by atoms with Crippen LogP contribution in [-0.4, -0.2) is 35.6 Å². The molecule has 0 amide bonds. The van der Waals surface area contributed by atoms with Gasteiger partial charge in [-0.1, -0.05) is 29.2 Å². The molecule has 1 atom stereocenters. The van der Waals surface area contributed by atoms with Crippen LogP contribution in [0.15, 0.2) is 22.5 Å². The molecular formula is C14H17N3O3S2. The molecule has 0 aliphatic carbocycles. The monoisotopic (exact) mass is 339 g/mol. The SMILES string of the molecule is COC(=O)C(C)Sc1nnc(Nc2cc(C)ccc2OC)s1. The van der Waals surface area contributed by atoms with Gasteiger partial charge in [-0.3, -0.25) is 4.79 Å². The first-order valence-corrected chi connectivity index (χ1v) is 8.22. The van der Waals surface area contributed by atoms with Crippen LogP contribution in [0.2, 0.25) is 0 Å². The zero-order chi connectivity index (χ0) is 16.1. The quantitative estimate of drug-likeness (QED) is 0.639. The van der Waals surface area contributed by atoms with Crippen LogP contribution >= 0.6 is 23.1 Å². The molecule has 1 aromatic heterocycles. The van der Waals surface area contributed by atoms with Crippen molar-refractivity contribution in [2.45, 2.75) is 23.4 Å². The third-order valence-electron chi connectivity index (χ3n) is 2.81. The molecule has 1 aromatic carbocycles. The summed E-state index contributed by atoms with van der Waals surface area (Å²) in [6.07, 6.45) is 0. The average Bonchev–Trinajstić information content (AvgIpc) is 2.93. The number of ether oxygens (including phenoxy) is 2. The summed E-state index contributed by atoms with van der Waals surface area (Å²) in [7, 11) is 2.99. The van der Waals surface area contributed by atoms with E-state index < -0.39 is 0 Å². The zero-order valence-corrected chi connectivity index (χ0v) is 14.4. The molecule has 22 heavy (non-hydrogen) atoms. The van der Waals surface area contributed by atoms with Crippen molar-refractivity contribution in [3.05, 3.63) is 23.8 Å². The molecule has 6 nitrogen and oxygen atoms in total. The van der Waals surface area contributed by atoms with Crippen LogP contribution in [0.25, 0.3) is 0 Å². The molecule has 0 fully saturated rings. The van der Waals surface area contributed by atoms with Crippen LogP contribution in [-0.2, 0) is 9.53 Å². The number of aromatic nitrogens is 2. The van der Waals surface area contributed by atoms with Crippen LogP contribution in [0.3, 0.4) is 0 Å². The Hall–Kier alpha value is -1.80. The Morgan fingerprint density at radius 3 is 2.82 bits per heavy atom. The van der Waals surface area contributed by atoms with Crippen molar-refractivity contribution >= 4 is 39.9 Å². The number of aryl methyl sites for hydroxylation is 1. The second-order valence-electron chi connectivity index (χ2n) is 4.49. The molecule has 0 saturated carbocycles. The molecule has 0 aliphatic heterocycles. The van der Waals surface area contributed by atoms with Gasteiger partial charge >= 0.3 is 5.97 Å². The number of anilines is 2. The van der Waals surface area contributed by atoms with E-state index in [-0.39, 0.29) is 11.2 Å². The second-order valence-corrected chi connectivity index (χ2v) is 7.05. The fourth-order valence-electron chi connectivity index (χ4n) is 1.71. The lowest BCUT2D eigenvalue weighted by atomic mass is 10.2. The van der Waals surface area contributed by atoms with E-state index in [1.807, 2.05) is 25.1 Å². The van der Waals surface area contributed by atoms with Gasteiger partial charge in [0.15, 0.2) is 4.34 Å². The van der Waals surface area contributed by atoms with E-state index in [0.29, 0.717) is 9.47 Å². The Morgan fingerprint density at radius 2 is 2.14 bits per heavy atom. The predicted octanol–water partition coefficient (Wildman–Crippen LogP) is 3.25. The van der Waals surface area contributed by atoms with Crippen molar-refractivity contribution in [3.8, 4) is 5.75 Å². The van der Waals surface area contributed by atoms with E-state index in [2.05, 4.69) is 15.5 Å². The zero-order valence-electron chi connectivity index (χ0n) is 12.7. The topological polar surface area (TPSA) is 73.3 Å². The molecule has 2 rings (SSSR count). The van der Waals surface area contributed by atoms with Gasteiger partial charge in [-0.2, -0.15) is 0 Å². The van der Waals surface area contributed by atoms with Crippen LogP contribution in [0.1, 0.15) is 12.5 Å². The maximum absolute atomic E-state index is 11.4. The van der Waals surface area contributed by atoms with Gasteiger partial charge in [-0.15, -0.1) is 10.2 Å². The molecule has 0 radical (unpaired) electrons. The maximum Gasteiger partial charge on any atom is 0.318 e. The number of nitrogens with zero attached hydrogens (tertiary/aromatic N) is 2. The summed E-state index contributed by atoms with van der Waals surface area (Å²) in [6, 6.07) is 5.85. The molecule has 118 valence electrons. The summed E-state index contributed by atoms with van der Waals surface area (Å²) in [5, 5.41) is 11.7. The number of benzene rings is 1. The standard InChI is InChI=1S/C14H17N3O3S2/c1-8-5-6-11(19-3)10(7-8)15-13-16-17-14(22-13)21-9(2)12(18)20-4/h5-7,9H,1-4H3,(H,15,16). The number of hydrogen-bond acceptors (Lipinski definition) is 8. The summed E-state index contributed by atoms with van der Waals surface area (Å²) in [4.78, 5) is 11.4. The number of methoxy groups -OCH3 is 2. The van der Waals surface area contributed by atoms with E-state index in [0.717, 1.165) is 17.0 Å². The molecule has 1 heterocycles. The number of carbonyl (C=O) groups is 1. The van der Waals surface area contributed by atoms with Crippen molar-refractivity contribution in [3.63, 3.8) is 0 Å². The Balaban J connectivity index is 2.09. The largest absolute Gasteiger partial charge is 0.495 e. The lowest BCUT2D eigenvalue weighted by Gasteiger charge is -2.09. The van der Waals surface area contributed by atoms with E-state index in [1.54, 1.807) is 14.0 Å². The maximum atomic E-state index is 11.4. The van der Waals surface area contributed by atoms with E-state index in [1.165, 1.54) is 30.2 Å². The average molecular weight is 339 g/mol. The summed E-state index contributed by atoms with van der Waals surface area (Å²) < 4.78 is 10.7. The minimum atomic E-state index is -0.320. The highest BCUT2D eigenvalue weighted by Crippen LogP contribution is 2.33. The number of esters is 1. The van der Waals surface area contributed by atoms with Gasteiger partial charge in [0, 0.05) is 0 Å². The fourth-order valence-corrected chi connectivity index (χ4v) is 3.64. The lowest BCUT2D eigenvalue weighted by Crippen LogP contribution is -2.14. The molecule has 8 heteroatoms. The molecule has 0 spiro atoms. The third kappa shape index (κ3) is 4.11. The summed E-state index contributed by atoms with van der Waals surface area (Å²) >= 11 is 2.70. The van der Waals surface area contributed by atoms with Crippen LogP contribution < -0.4 is 10.1 Å². The highest BCUT2D eigenvalue weighted by molar-refractivity contribution is 8.02. The first-order valence-electron chi connectivity index (χ1n) is 6.53. The number of hydrogen-bond donors (Lipinski definition) is 1. The summed E-state index contributed by atoms with van der Waals surface area (Å²) in [5.41, 5.74) is 1.94. The van der Waals surface area contributed by atoms with Gasteiger partial charge < -0.3 is 14.8 Å². The Bertz CT molecular complexity index is 661. The lowest BCUT2D eigenvalue weighted by molar-refractivity contribution is -0.139. The third-order valence-corrected chi connectivity index (χ3v) is 4.82. The second kappa shape index (κ2) is 7.46. The van der Waals surface area contributed by atoms with Crippen molar-refractivity contribution in [2.24, 2.45) is 0 Å². The van der Waals surface area contributed by atoms with Crippen molar-refractivity contribution in [2.75, 3.05) is 19.5 Å². The van der Waals surface area contributed by atoms with Crippen molar-refractivity contribution in [1.29, 1.82) is 0 Å². The highest BCUT2D eigenvalue weighted by Gasteiger charge is 2.17. The number of rotatable bonds is 6. The molecule has 0 bridgehead atoms. The molecule has 2 aromatic rings. The fraction of sp³-hybridized carbons (Fsp3) is 0.357. The van der Waals surface area contributed by atoms with Gasteiger partial charge in [0.25, 0.3) is 0 Å². The molecule has 0 saturated heterocycles. The van der Waals surface area contributed by atoms with E-state index >= 15 is 0 Å². The van der Waals surface area contributed by atoms with Gasteiger partial charge in [-0.05, 0) is 31.5 Å². The summed E-state index contributed by atoms with van der Waals surface area (Å²) in [5.74, 6) is 0.452. The predicted molar refractivity (Wildman–Crippen MR) is 88.3 cm³/mol. The molecule has 1 unspecified atom stereocenters. The Kier molecular flexibility index (Phi) is 5.62. The minimum absolute atomic E-state index is 0.282. The summed E-state index contributed by atoms with van der Waals surface area (Å²) in [6.45, 7) is 3.78. The first-order chi connectivity index (χ1) is 10.5. The Morgan fingerprint density at radius 1 is 1.36 bits per heavy atom. The van der Waals surface area contributed by atoms with E-state index in [9.17, 15) is 4.79 Å². The highest BCUT2D eigenvalue weighted by atomic mass is 32.2. The van der Waals surface area contributed by atoms with Crippen LogP contribution in [0.5, 0.6) is 5.75 Å². The van der Waals surface area contributed by atoms with Crippen LogP contribution in [0, 0.1) is 6.92 Å². The van der Waals surface area contributed by atoms with Crippen molar-refractivity contribution < 1.29 is 14.3 Å². The van der Waals surface area contributed by atoms with Gasteiger partial charge in [0.2, 0.25) is 5.13 Å². The van der Waals surface area contributed by atoms with Crippen molar-refractivity contribution in [1.82, 2.24) is 10.2 Å². The normalized spacial score (nSPS) is 11.8.